The van der Waals surface area contributed by atoms with Crippen molar-refractivity contribution in [1.82, 2.24) is 5.32 Å². The zero-order valence-corrected chi connectivity index (χ0v) is 16.4. The molecule has 0 saturated heterocycles. The molecule has 26 heavy (non-hydrogen) atoms. The van der Waals surface area contributed by atoms with Crippen molar-refractivity contribution in [2.75, 3.05) is 31.8 Å². The Bertz CT molecular complexity index is 742. The van der Waals surface area contributed by atoms with Crippen LogP contribution in [0.4, 0.5) is 0 Å². The van der Waals surface area contributed by atoms with Gasteiger partial charge in [0.1, 0.15) is 12.4 Å². The number of rotatable bonds is 11. The summed E-state index contributed by atoms with van der Waals surface area (Å²) in [6, 6.07) is 11.9. The first-order chi connectivity index (χ1) is 12.7. The van der Waals surface area contributed by atoms with Gasteiger partial charge in [-0.15, -0.1) is 4.91 Å². The molecule has 2 aromatic carbocycles. The summed E-state index contributed by atoms with van der Waals surface area (Å²) in [6.07, 6.45) is 0. The second-order valence-electron chi connectivity index (χ2n) is 5.54. The maximum atomic E-state index is 12.3. The van der Waals surface area contributed by atoms with Crippen LogP contribution < -0.4 is 10.1 Å². The molecule has 0 bridgehead atoms. The molecule has 1 atom stereocenters. The summed E-state index contributed by atoms with van der Waals surface area (Å²) in [7, 11) is 4.86. The van der Waals surface area contributed by atoms with E-state index in [2.05, 4.69) is 15.5 Å². The molecule has 1 amide bonds. The number of nitrogens with one attached hydrogen (secondary N) is 1. The van der Waals surface area contributed by atoms with Crippen LogP contribution in [-0.2, 0) is 9.63 Å². The van der Waals surface area contributed by atoms with Crippen molar-refractivity contribution >= 4 is 38.3 Å². The molecule has 140 valence electrons. The number of hydrogen-bond donors (Lipinski definition) is 1. The predicted molar refractivity (Wildman–Crippen MR) is 109 cm³/mol. The maximum absolute atomic E-state index is 12.3. The van der Waals surface area contributed by atoms with Crippen molar-refractivity contribution in [1.29, 1.82) is 0 Å². The van der Waals surface area contributed by atoms with Gasteiger partial charge in [-0.05, 0) is 35.4 Å². The molecule has 0 fully saturated rings. The summed E-state index contributed by atoms with van der Waals surface area (Å²) in [6.45, 7) is 2.81. The van der Waals surface area contributed by atoms with Gasteiger partial charge in [0.15, 0.2) is 5.34 Å². The summed E-state index contributed by atoms with van der Waals surface area (Å²) in [4.78, 5) is 26.5. The number of carbonyl (C=O) groups is 1. The second-order valence-corrected chi connectivity index (χ2v) is 8.24. The Morgan fingerprint density at radius 1 is 1.15 bits per heavy atom. The van der Waals surface area contributed by atoms with Crippen LogP contribution in [0.15, 0.2) is 41.7 Å². The van der Waals surface area contributed by atoms with Crippen LogP contribution >= 0.6 is 21.6 Å². The topological polar surface area (TPSA) is 77.0 Å². The lowest BCUT2D eigenvalue weighted by Gasteiger charge is -2.13. The first-order valence-electron chi connectivity index (χ1n) is 8.20. The van der Waals surface area contributed by atoms with Gasteiger partial charge in [0, 0.05) is 18.1 Å². The Labute approximate surface area is 160 Å². The Kier molecular flexibility index (Phi) is 8.57. The van der Waals surface area contributed by atoms with E-state index in [1.807, 2.05) is 43.3 Å². The molecule has 0 heterocycles. The number of fused-ring (bicyclic) bond motifs is 1. The fraction of sp³-hybridized carbons (Fsp3) is 0.389. The van der Waals surface area contributed by atoms with Crippen LogP contribution in [0, 0.1) is 4.91 Å². The number of nitrogens with zero attached hydrogens (tertiary/aromatic N) is 1. The molecule has 0 aliphatic rings. The zero-order valence-electron chi connectivity index (χ0n) is 14.8. The highest BCUT2D eigenvalue weighted by Gasteiger charge is 2.15. The van der Waals surface area contributed by atoms with Crippen LogP contribution in [0.5, 0.6) is 5.75 Å². The lowest BCUT2D eigenvalue weighted by Crippen LogP contribution is -2.29. The van der Waals surface area contributed by atoms with Crippen LogP contribution in [-0.4, -0.2) is 37.7 Å². The van der Waals surface area contributed by atoms with Crippen LogP contribution in [0.25, 0.3) is 10.8 Å². The van der Waals surface area contributed by atoms with Gasteiger partial charge in [-0.2, -0.15) is 0 Å². The minimum absolute atomic E-state index is 0.0111. The Balaban J connectivity index is 1.80. The summed E-state index contributed by atoms with van der Waals surface area (Å²) in [5.74, 6) is 2.08. The molecule has 2 aromatic rings. The highest BCUT2D eigenvalue weighted by Crippen LogP contribution is 2.25. The molecular weight excluding hydrogens is 372 g/mol. The summed E-state index contributed by atoms with van der Waals surface area (Å²) >= 11 is 0. The number of methoxy groups -OCH3 is 1. The van der Waals surface area contributed by atoms with Crippen LogP contribution in [0.2, 0.25) is 0 Å². The van der Waals surface area contributed by atoms with E-state index in [4.69, 9.17) is 4.74 Å². The van der Waals surface area contributed by atoms with Crippen LogP contribution in [0.1, 0.15) is 18.4 Å². The largest absolute Gasteiger partial charge is 0.497 e. The van der Waals surface area contributed by atoms with Gasteiger partial charge in [0.25, 0.3) is 0 Å². The third-order valence-corrected chi connectivity index (χ3v) is 6.21. The van der Waals surface area contributed by atoms with E-state index >= 15 is 0 Å². The molecule has 0 aliphatic heterocycles. The number of hydrogen-bond acceptors (Lipinski definition) is 7. The number of benzene rings is 2. The normalized spacial score (nSPS) is 11.8. The van der Waals surface area contributed by atoms with E-state index in [1.165, 1.54) is 0 Å². The Morgan fingerprint density at radius 2 is 1.88 bits per heavy atom. The van der Waals surface area contributed by atoms with Gasteiger partial charge >= 0.3 is 0 Å². The molecule has 0 aromatic heterocycles. The zero-order chi connectivity index (χ0) is 18.8. The van der Waals surface area contributed by atoms with E-state index in [1.54, 1.807) is 28.7 Å². The van der Waals surface area contributed by atoms with E-state index in [-0.39, 0.29) is 11.8 Å². The van der Waals surface area contributed by atoms with Crippen LogP contribution in [0.3, 0.4) is 0 Å². The third kappa shape index (κ3) is 6.10. The van der Waals surface area contributed by atoms with Crippen molar-refractivity contribution in [3.05, 3.63) is 46.9 Å². The molecule has 2 rings (SSSR count). The molecule has 1 N–H and O–H groups in total. The quantitative estimate of drug-likeness (QED) is 0.267. The molecular formula is C18H22N2O4S2. The number of amides is 1. The highest BCUT2D eigenvalue weighted by atomic mass is 33.1. The summed E-state index contributed by atoms with van der Waals surface area (Å²) < 4.78 is 5.24. The van der Waals surface area contributed by atoms with E-state index in [0.29, 0.717) is 18.9 Å². The lowest BCUT2D eigenvalue weighted by molar-refractivity contribution is -0.122. The maximum Gasteiger partial charge on any atom is 0.227 e. The minimum Gasteiger partial charge on any atom is -0.497 e. The molecule has 0 aliphatic carbocycles. The fourth-order valence-corrected chi connectivity index (χ4v) is 4.11. The average molecular weight is 395 g/mol. The Hall–Kier alpha value is -1.93. The summed E-state index contributed by atoms with van der Waals surface area (Å²) in [5, 5.41) is 7.46. The smallest absolute Gasteiger partial charge is 0.227 e. The van der Waals surface area contributed by atoms with Crippen molar-refractivity contribution < 1.29 is 14.4 Å². The van der Waals surface area contributed by atoms with E-state index in [0.717, 1.165) is 27.8 Å². The van der Waals surface area contributed by atoms with Crippen molar-refractivity contribution in [3.63, 3.8) is 0 Å². The molecule has 8 heteroatoms. The SMILES string of the molecule is COc1ccc2cc(C(C)C(=O)NCCSSCCON=O)ccc2c1. The minimum atomic E-state index is -0.216. The number of ether oxygens (including phenoxy) is 1. The third-order valence-electron chi connectivity index (χ3n) is 3.84. The van der Waals surface area contributed by atoms with E-state index in [9.17, 15) is 9.70 Å². The molecule has 1 unspecified atom stereocenters. The standard InChI is InChI=1S/C18H22N2O4S2/c1-13(18(21)19-7-9-25-26-10-8-24-20-22)14-3-4-16-12-17(23-2)6-5-15(16)11-14/h3-6,11-13H,7-10H2,1-2H3,(H,19,21). The molecule has 0 radical (unpaired) electrons. The van der Waals surface area contributed by atoms with Gasteiger partial charge < -0.3 is 14.9 Å². The van der Waals surface area contributed by atoms with Gasteiger partial charge in [-0.25, -0.2) is 0 Å². The fourth-order valence-electron chi connectivity index (χ4n) is 2.39. The summed E-state index contributed by atoms with van der Waals surface area (Å²) in [5.41, 5.74) is 0.987. The van der Waals surface area contributed by atoms with Crippen molar-refractivity contribution in [2.24, 2.45) is 5.34 Å². The van der Waals surface area contributed by atoms with Gasteiger partial charge in [-0.3, -0.25) is 4.79 Å². The average Bonchev–Trinajstić information content (AvgIpc) is 2.68. The molecule has 6 nitrogen and oxygen atoms in total. The van der Waals surface area contributed by atoms with Gasteiger partial charge in [-0.1, -0.05) is 45.9 Å². The van der Waals surface area contributed by atoms with Gasteiger partial charge in [0.2, 0.25) is 5.91 Å². The molecule has 0 saturated carbocycles. The second kappa shape index (κ2) is 10.9. The van der Waals surface area contributed by atoms with E-state index < -0.39 is 0 Å². The first kappa shape index (κ1) is 20.4. The predicted octanol–water partition coefficient (Wildman–Crippen LogP) is 4.15. The Morgan fingerprint density at radius 3 is 2.65 bits per heavy atom. The monoisotopic (exact) mass is 394 g/mol. The van der Waals surface area contributed by atoms with Gasteiger partial charge in [0.05, 0.1) is 13.0 Å². The number of carbonyl (C=O) groups excluding carboxylic acids is 1. The first-order valence-corrected chi connectivity index (χ1v) is 10.7. The van der Waals surface area contributed by atoms with Crippen molar-refractivity contribution in [3.8, 4) is 5.75 Å². The highest BCUT2D eigenvalue weighted by molar-refractivity contribution is 8.76. The van der Waals surface area contributed by atoms with Crippen molar-refractivity contribution in [2.45, 2.75) is 12.8 Å². The lowest BCUT2D eigenvalue weighted by atomic mass is 9.97. The molecule has 0 spiro atoms.